The third kappa shape index (κ3) is 7.57. The molecule has 1 aliphatic carbocycles. The fraction of sp³-hybridized carbons (Fsp3) is 0.406. The first kappa shape index (κ1) is 31.3. The van der Waals surface area contributed by atoms with Crippen molar-refractivity contribution in [3.8, 4) is 22.8 Å². The van der Waals surface area contributed by atoms with Crippen LogP contribution in [-0.4, -0.2) is 41.8 Å². The molecule has 3 aromatic rings. The maximum Gasteiger partial charge on any atom is 0.407 e. The Bertz CT molecular complexity index is 1470. The number of nitrogens with zero attached hydrogens (tertiary/aromatic N) is 1. The molecule has 1 heterocycles. The molecule has 2 N–H and O–H groups in total. The number of hydrogen-bond donors (Lipinski definition) is 2. The number of rotatable bonds is 12. The molecule has 8 nitrogen and oxygen atoms in total. The van der Waals surface area contributed by atoms with Crippen LogP contribution in [0.15, 0.2) is 48.5 Å². The van der Waals surface area contributed by atoms with E-state index in [2.05, 4.69) is 10.3 Å². The van der Waals surface area contributed by atoms with Gasteiger partial charge in [0.2, 0.25) is 0 Å². The van der Waals surface area contributed by atoms with Gasteiger partial charge in [-0.25, -0.2) is 14.2 Å². The molecule has 0 radical (unpaired) electrons. The van der Waals surface area contributed by atoms with Crippen LogP contribution < -0.4 is 14.8 Å². The molecular weight excluding hydrogens is 563 g/mol. The van der Waals surface area contributed by atoms with Crippen molar-refractivity contribution in [1.29, 1.82) is 0 Å². The number of carbonyl (C=O) groups is 2. The number of nitrogens with one attached hydrogen (secondary N) is 1. The van der Waals surface area contributed by atoms with E-state index in [-0.39, 0.29) is 42.1 Å². The van der Waals surface area contributed by atoms with Crippen molar-refractivity contribution in [1.82, 2.24) is 10.3 Å². The summed E-state index contributed by atoms with van der Waals surface area (Å²) in [6, 6.07) is 12.7. The predicted molar refractivity (Wildman–Crippen MR) is 158 cm³/mol. The molecule has 1 unspecified atom stereocenters. The molecule has 1 aromatic heterocycles. The normalized spacial score (nSPS) is 14.6. The summed E-state index contributed by atoms with van der Waals surface area (Å²) in [6.45, 7) is 7.05. The molecule has 10 heteroatoms. The van der Waals surface area contributed by atoms with Gasteiger partial charge >= 0.3 is 6.09 Å². The number of carbonyl (C=O) groups excluding carboxylic acids is 2. The number of alkyl carbamates (subject to hydrolysis) is 1. The molecule has 1 fully saturated rings. The van der Waals surface area contributed by atoms with Crippen molar-refractivity contribution >= 4 is 23.5 Å². The van der Waals surface area contributed by atoms with Crippen LogP contribution in [0.1, 0.15) is 75.0 Å². The van der Waals surface area contributed by atoms with E-state index in [9.17, 15) is 19.1 Å². The minimum absolute atomic E-state index is 0.0209. The summed E-state index contributed by atoms with van der Waals surface area (Å²) in [6.07, 6.45) is 1.66. The van der Waals surface area contributed by atoms with E-state index < -0.39 is 23.1 Å². The quantitative estimate of drug-likeness (QED) is 0.217. The van der Waals surface area contributed by atoms with Gasteiger partial charge in [0.05, 0.1) is 41.8 Å². The molecule has 42 heavy (non-hydrogen) atoms. The lowest BCUT2D eigenvalue weighted by molar-refractivity contribution is 0.0396. The summed E-state index contributed by atoms with van der Waals surface area (Å²) in [4.78, 5) is 30.1. The van der Waals surface area contributed by atoms with Crippen molar-refractivity contribution in [2.24, 2.45) is 0 Å². The molecule has 0 spiro atoms. The smallest absolute Gasteiger partial charge is 0.407 e. The zero-order valence-corrected chi connectivity index (χ0v) is 25.2. The van der Waals surface area contributed by atoms with Crippen molar-refractivity contribution in [2.45, 2.75) is 70.6 Å². The molecule has 2 aromatic carbocycles. The highest BCUT2D eigenvalue weighted by Crippen LogP contribution is 2.36. The molecule has 4 rings (SSSR count). The van der Waals surface area contributed by atoms with Gasteiger partial charge in [-0.1, -0.05) is 11.6 Å². The van der Waals surface area contributed by atoms with E-state index in [0.29, 0.717) is 33.9 Å². The second kappa shape index (κ2) is 12.7. The number of hydrogen-bond acceptors (Lipinski definition) is 7. The van der Waals surface area contributed by atoms with Gasteiger partial charge in [-0.3, -0.25) is 4.79 Å². The molecule has 0 bridgehead atoms. The van der Waals surface area contributed by atoms with Crippen LogP contribution in [0.25, 0.3) is 11.3 Å². The zero-order valence-electron chi connectivity index (χ0n) is 24.4. The van der Waals surface area contributed by atoms with Gasteiger partial charge in [0.25, 0.3) is 0 Å². The van der Waals surface area contributed by atoms with E-state index in [1.165, 1.54) is 25.3 Å². The first-order valence-corrected chi connectivity index (χ1v) is 14.2. The summed E-state index contributed by atoms with van der Waals surface area (Å²) >= 11 is 6.05. The molecule has 0 aliphatic heterocycles. The van der Waals surface area contributed by atoms with Crippen LogP contribution in [0.2, 0.25) is 5.02 Å². The van der Waals surface area contributed by atoms with Gasteiger partial charge in [0.1, 0.15) is 11.4 Å². The van der Waals surface area contributed by atoms with Crippen molar-refractivity contribution in [2.75, 3.05) is 13.7 Å². The van der Waals surface area contributed by atoms with Gasteiger partial charge < -0.3 is 24.6 Å². The summed E-state index contributed by atoms with van der Waals surface area (Å²) in [5.74, 6) is 0.317. The monoisotopic (exact) mass is 598 g/mol. The largest absolute Gasteiger partial charge is 0.493 e. The third-order valence-corrected chi connectivity index (χ3v) is 7.44. The number of Topliss-reactive ketones (excluding diaryl/α,β-unsaturated/α-hetero) is 1. The predicted octanol–water partition coefficient (Wildman–Crippen LogP) is 6.94. The first-order chi connectivity index (χ1) is 19.8. The fourth-order valence-corrected chi connectivity index (χ4v) is 4.58. The highest BCUT2D eigenvalue weighted by molar-refractivity contribution is 6.31. The number of aromatic nitrogens is 1. The van der Waals surface area contributed by atoms with Crippen molar-refractivity contribution in [3.05, 3.63) is 76.2 Å². The van der Waals surface area contributed by atoms with Crippen LogP contribution >= 0.6 is 11.6 Å². The Morgan fingerprint density at radius 1 is 1.10 bits per heavy atom. The summed E-state index contributed by atoms with van der Waals surface area (Å²) in [7, 11) is 1.52. The molecule has 0 saturated heterocycles. The molecule has 1 saturated carbocycles. The number of benzene rings is 2. The number of pyridine rings is 1. The molecule has 1 aliphatic rings. The average Bonchev–Trinajstić information content (AvgIpc) is 3.77. The molecule has 1 amide bonds. The minimum Gasteiger partial charge on any atom is -0.493 e. The van der Waals surface area contributed by atoms with Crippen LogP contribution in [0.5, 0.6) is 11.5 Å². The third-order valence-electron chi connectivity index (χ3n) is 7.15. The van der Waals surface area contributed by atoms with Gasteiger partial charge in [-0.15, -0.1) is 0 Å². The fourth-order valence-electron chi connectivity index (χ4n) is 4.40. The van der Waals surface area contributed by atoms with Crippen LogP contribution in [0.4, 0.5) is 9.18 Å². The topological polar surface area (TPSA) is 107 Å². The summed E-state index contributed by atoms with van der Waals surface area (Å²) < 4.78 is 30.2. The van der Waals surface area contributed by atoms with Crippen molar-refractivity contribution < 1.29 is 33.3 Å². The van der Waals surface area contributed by atoms with Crippen LogP contribution in [0.3, 0.4) is 0 Å². The van der Waals surface area contributed by atoms with Gasteiger partial charge in [0, 0.05) is 17.5 Å². The number of halogens is 2. The Morgan fingerprint density at radius 2 is 1.83 bits per heavy atom. The average molecular weight is 599 g/mol. The molecular formula is C32H36ClFN2O6. The Labute approximate surface area is 250 Å². The number of ketones is 1. The standard InChI is InChI=1S/C32H36ClFN2O6/c1-6-41-30(38)36-31(2,3)21-17-25(19-7-11-24(34)23(33)15-19)35-29(18-21)32(4,39)14-13-26(37)20-8-12-27(28(16-20)40-5)42-22-9-10-22/h7-8,11-12,15-18,22,39H,6,9-10,13-14H2,1-5H3,(H,36,38). The SMILES string of the molecule is CCOC(=O)NC(C)(C)c1cc(-c2ccc(F)c(Cl)c2)nc(C(C)(O)CCC(=O)c2ccc(OC3CC3)c(OC)c2)c1. The number of amides is 1. The van der Waals surface area contributed by atoms with E-state index in [1.807, 2.05) is 0 Å². The Hall–Kier alpha value is -3.69. The highest BCUT2D eigenvalue weighted by atomic mass is 35.5. The second-order valence-electron chi connectivity index (χ2n) is 11.1. The number of ether oxygens (including phenoxy) is 3. The zero-order chi connectivity index (χ0) is 30.7. The highest BCUT2D eigenvalue weighted by Gasteiger charge is 2.31. The summed E-state index contributed by atoms with van der Waals surface area (Å²) in [5.41, 5.74) is -0.228. The van der Waals surface area contributed by atoms with E-state index in [1.54, 1.807) is 58.0 Å². The molecule has 1 atom stereocenters. The van der Waals surface area contributed by atoms with E-state index >= 15 is 0 Å². The maximum atomic E-state index is 13.9. The van der Waals surface area contributed by atoms with Crippen LogP contribution in [-0.2, 0) is 15.9 Å². The lowest BCUT2D eigenvalue weighted by Crippen LogP contribution is -2.41. The Kier molecular flexibility index (Phi) is 9.43. The van der Waals surface area contributed by atoms with Gasteiger partial charge in [-0.05, 0) is 101 Å². The maximum absolute atomic E-state index is 13.9. The summed E-state index contributed by atoms with van der Waals surface area (Å²) in [5, 5.41) is 14.3. The minimum atomic E-state index is -1.54. The number of aliphatic hydroxyl groups is 1. The van der Waals surface area contributed by atoms with Gasteiger partial charge in [0.15, 0.2) is 17.3 Å². The van der Waals surface area contributed by atoms with Crippen molar-refractivity contribution in [3.63, 3.8) is 0 Å². The Morgan fingerprint density at radius 3 is 2.48 bits per heavy atom. The van der Waals surface area contributed by atoms with E-state index in [0.717, 1.165) is 12.8 Å². The lowest BCUT2D eigenvalue weighted by Gasteiger charge is -2.30. The number of methoxy groups -OCH3 is 1. The van der Waals surface area contributed by atoms with Gasteiger partial charge in [-0.2, -0.15) is 0 Å². The van der Waals surface area contributed by atoms with E-state index in [4.69, 9.17) is 25.8 Å². The first-order valence-electron chi connectivity index (χ1n) is 13.9. The second-order valence-corrected chi connectivity index (χ2v) is 11.5. The van der Waals surface area contributed by atoms with Crippen LogP contribution in [0, 0.1) is 5.82 Å². The Balaban J connectivity index is 1.62. The lowest BCUT2D eigenvalue weighted by atomic mass is 9.87. The molecule has 224 valence electrons.